The lowest BCUT2D eigenvalue weighted by Gasteiger charge is -2.29. The zero-order valence-electron chi connectivity index (χ0n) is 23.2. The van der Waals surface area contributed by atoms with E-state index < -0.39 is 47.8 Å². The van der Waals surface area contributed by atoms with E-state index >= 15 is 0 Å². The monoisotopic (exact) mass is 581 g/mol. The molecule has 0 aliphatic rings. The first-order valence-electron chi connectivity index (χ1n) is 13.9. The van der Waals surface area contributed by atoms with E-state index in [1.807, 2.05) is 0 Å². The maximum atomic E-state index is 13.0. The highest BCUT2D eigenvalue weighted by Gasteiger charge is 2.49. The smallest absolute Gasteiger partial charge is 0.337 e. The molecule has 1 rings (SSSR count). The Bertz CT molecular complexity index is 976. The van der Waals surface area contributed by atoms with Gasteiger partial charge in [-0.15, -0.1) is 11.3 Å². The molecule has 11 heteroatoms. The van der Waals surface area contributed by atoms with Gasteiger partial charge in [0.1, 0.15) is 11.8 Å². The summed E-state index contributed by atoms with van der Waals surface area (Å²) in [6, 6.07) is 2.01. The number of unbranched alkanes of at least 4 members (excludes halogenated alkanes) is 8. The second-order valence-electron chi connectivity index (χ2n) is 10.0. The molecule has 40 heavy (non-hydrogen) atoms. The summed E-state index contributed by atoms with van der Waals surface area (Å²) in [6.07, 6.45) is 11.5. The Labute approximate surface area is 239 Å². The number of carbonyl (C=O) groups is 5. The first kappa shape index (κ1) is 35.0. The van der Waals surface area contributed by atoms with Crippen molar-refractivity contribution in [2.75, 3.05) is 0 Å². The lowest BCUT2D eigenvalue weighted by Crippen LogP contribution is -2.55. The van der Waals surface area contributed by atoms with Crippen LogP contribution in [0, 0.1) is 5.92 Å². The van der Waals surface area contributed by atoms with Crippen LogP contribution in [0.4, 0.5) is 0 Å². The second kappa shape index (κ2) is 19.1. The zero-order valence-corrected chi connectivity index (χ0v) is 24.0. The molecular formula is C29H43NO9S. The van der Waals surface area contributed by atoms with Crippen molar-refractivity contribution in [2.45, 2.75) is 108 Å². The number of thiophene rings is 1. The van der Waals surface area contributed by atoms with E-state index in [1.165, 1.54) is 30.3 Å². The highest BCUT2D eigenvalue weighted by Crippen LogP contribution is 2.26. The van der Waals surface area contributed by atoms with E-state index in [9.17, 15) is 44.4 Å². The summed E-state index contributed by atoms with van der Waals surface area (Å²) in [5, 5.41) is 43.1. The lowest BCUT2D eigenvalue weighted by molar-refractivity contribution is -0.172. The van der Waals surface area contributed by atoms with E-state index in [0.29, 0.717) is 30.6 Å². The fourth-order valence-electron chi connectivity index (χ4n) is 4.33. The molecule has 1 aromatic rings. The Morgan fingerprint density at radius 2 is 1.57 bits per heavy atom. The molecular weight excluding hydrogens is 538 g/mol. The Kier molecular flexibility index (Phi) is 16.7. The normalized spacial score (nSPS) is 14.3. The van der Waals surface area contributed by atoms with Gasteiger partial charge in [-0.1, -0.05) is 63.7 Å². The molecule has 5 N–H and O–H groups in total. The SMILES string of the molecule is CCCCCCCC(=O)CCCCCC/C=C/C(C(=O)NC(Cc1cccs1)C(=O)O)C(O)(CC(=O)O)C(=O)O. The largest absolute Gasteiger partial charge is 0.481 e. The van der Waals surface area contributed by atoms with Crippen molar-refractivity contribution in [1.29, 1.82) is 0 Å². The van der Waals surface area contributed by atoms with Crippen LogP contribution in [-0.2, 0) is 30.4 Å². The topological polar surface area (TPSA) is 178 Å². The van der Waals surface area contributed by atoms with Gasteiger partial charge in [-0.05, 0) is 37.1 Å². The Morgan fingerprint density at radius 1 is 0.950 bits per heavy atom. The maximum Gasteiger partial charge on any atom is 0.337 e. The molecule has 1 aromatic heterocycles. The van der Waals surface area contributed by atoms with Gasteiger partial charge in [-0.2, -0.15) is 0 Å². The van der Waals surface area contributed by atoms with Crippen LogP contribution in [0.15, 0.2) is 29.7 Å². The van der Waals surface area contributed by atoms with Gasteiger partial charge in [-0.25, -0.2) is 9.59 Å². The van der Waals surface area contributed by atoms with Gasteiger partial charge >= 0.3 is 17.9 Å². The number of carboxylic acid groups (broad SMARTS) is 3. The Hall–Kier alpha value is -3.05. The molecule has 0 saturated carbocycles. The number of nitrogens with one attached hydrogen (secondary N) is 1. The number of rotatable bonds is 23. The van der Waals surface area contributed by atoms with Gasteiger partial charge in [0.2, 0.25) is 5.91 Å². The number of carboxylic acids is 3. The second-order valence-corrected chi connectivity index (χ2v) is 11.1. The molecule has 0 spiro atoms. The van der Waals surface area contributed by atoms with Crippen LogP contribution in [0.25, 0.3) is 0 Å². The molecule has 0 bridgehead atoms. The maximum absolute atomic E-state index is 13.0. The number of Topliss-reactive ketones (excluding diaryl/α,β-unsaturated/α-hetero) is 1. The van der Waals surface area contributed by atoms with E-state index in [-0.39, 0.29) is 12.2 Å². The first-order valence-corrected chi connectivity index (χ1v) is 14.8. The number of hydrogen-bond acceptors (Lipinski definition) is 7. The van der Waals surface area contributed by atoms with Crippen molar-refractivity contribution in [2.24, 2.45) is 5.92 Å². The molecule has 0 radical (unpaired) electrons. The van der Waals surface area contributed by atoms with E-state index in [2.05, 4.69) is 12.2 Å². The molecule has 3 unspecified atom stereocenters. The van der Waals surface area contributed by atoms with Crippen molar-refractivity contribution < 1.29 is 44.4 Å². The molecule has 0 aliphatic carbocycles. The summed E-state index contributed by atoms with van der Waals surface area (Å²) < 4.78 is 0. The van der Waals surface area contributed by atoms with Crippen molar-refractivity contribution in [3.63, 3.8) is 0 Å². The van der Waals surface area contributed by atoms with E-state index in [4.69, 9.17) is 0 Å². The molecule has 0 aliphatic heterocycles. The molecule has 3 atom stereocenters. The van der Waals surface area contributed by atoms with Crippen LogP contribution < -0.4 is 5.32 Å². The van der Waals surface area contributed by atoms with Crippen LogP contribution in [0.3, 0.4) is 0 Å². The fourth-order valence-corrected chi connectivity index (χ4v) is 5.08. The summed E-state index contributed by atoms with van der Waals surface area (Å²) in [4.78, 5) is 60.6. The third kappa shape index (κ3) is 13.3. The third-order valence-electron chi connectivity index (χ3n) is 6.65. The van der Waals surface area contributed by atoms with Gasteiger partial charge < -0.3 is 25.7 Å². The minimum atomic E-state index is -2.98. The number of allylic oxidation sites excluding steroid dienone is 1. The van der Waals surface area contributed by atoms with Crippen LogP contribution in [0.5, 0.6) is 0 Å². The average Bonchev–Trinajstić information content (AvgIpc) is 3.39. The average molecular weight is 582 g/mol. The van der Waals surface area contributed by atoms with Crippen molar-refractivity contribution in [3.05, 3.63) is 34.5 Å². The minimum Gasteiger partial charge on any atom is -0.481 e. The van der Waals surface area contributed by atoms with Crippen LogP contribution in [0.1, 0.15) is 95.3 Å². The van der Waals surface area contributed by atoms with Crippen molar-refractivity contribution >= 4 is 40.9 Å². The summed E-state index contributed by atoms with van der Waals surface area (Å²) in [5.74, 6) is -7.53. The predicted octanol–water partition coefficient (Wildman–Crippen LogP) is 4.59. The third-order valence-corrected chi connectivity index (χ3v) is 7.55. The molecule has 1 amide bonds. The molecule has 10 nitrogen and oxygen atoms in total. The number of amides is 1. The van der Waals surface area contributed by atoms with Gasteiger partial charge in [0.15, 0.2) is 5.60 Å². The number of carbonyl (C=O) groups excluding carboxylic acids is 2. The van der Waals surface area contributed by atoms with Gasteiger partial charge in [0.25, 0.3) is 0 Å². The van der Waals surface area contributed by atoms with E-state index in [1.54, 1.807) is 17.5 Å². The highest BCUT2D eigenvalue weighted by molar-refractivity contribution is 7.09. The highest BCUT2D eigenvalue weighted by atomic mass is 32.1. The Morgan fingerprint density at radius 3 is 2.10 bits per heavy atom. The molecule has 0 aromatic carbocycles. The van der Waals surface area contributed by atoms with Crippen molar-refractivity contribution in [1.82, 2.24) is 5.32 Å². The van der Waals surface area contributed by atoms with Crippen molar-refractivity contribution in [3.8, 4) is 0 Å². The molecule has 0 fully saturated rings. The number of hydrogen-bond donors (Lipinski definition) is 5. The number of aliphatic hydroxyl groups is 1. The molecule has 1 heterocycles. The molecule has 224 valence electrons. The van der Waals surface area contributed by atoms with Gasteiger partial charge in [0.05, 0.1) is 12.3 Å². The summed E-state index contributed by atoms with van der Waals surface area (Å²) in [7, 11) is 0. The van der Waals surface area contributed by atoms with E-state index in [0.717, 1.165) is 44.6 Å². The summed E-state index contributed by atoms with van der Waals surface area (Å²) in [5.41, 5.74) is -2.98. The first-order chi connectivity index (χ1) is 19.0. The number of aliphatic carboxylic acids is 3. The van der Waals surface area contributed by atoms with Crippen LogP contribution >= 0.6 is 11.3 Å². The standard InChI is InChI=1S/C29H43NO9S/c1-2-3-4-7-10-14-21(31)15-11-8-5-6-9-12-17-23(29(39,28(37)38)20-25(32)33)26(34)30-24(27(35)36)19-22-16-13-18-40-22/h12-13,16-18,23-24,39H,2-11,14-15,19-20H2,1H3,(H,30,34)(H,32,33)(H,35,36)(H,37,38)/b17-12+. The van der Waals surface area contributed by atoms with Gasteiger partial charge in [0, 0.05) is 24.1 Å². The van der Waals surface area contributed by atoms with Crippen LogP contribution in [-0.4, -0.2) is 61.7 Å². The number of ketones is 1. The minimum absolute atomic E-state index is 0.0546. The van der Waals surface area contributed by atoms with Crippen LogP contribution in [0.2, 0.25) is 0 Å². The summed E-state index contributed by atoms with van der Waals surface area (Å²) in [6.45, 7) is 2.15. The zero-order chi connectivity index (χ0) is 30.0. The predicted molar refractivity (Wildman–Crippen MR) is 151 cm³/mol. The quantitative estimate of drug-likeness (QED) is 0.0912. The lowest BCUT2D eigenvalue weighted by atomic mass is 9.82. The molecule has 0 saturated heterocycles. The Balaban J connectivity index is 2.70. The fraction of sp³-hybridized carbons (Fsp3) is 0.621. The van der Waals surface area contributed by atoms with Gasteiger partial charge in [-0.3, -0.25) is 14.4 Å². The summed E-state index contributed by atoms with van der Waals surface area (Å²) >= 11 is 1.29.